The molecule has 2 N–H and O–H groups in total. The third-order valence-corrected chi connectivity index (χ3v) is 2.95. The number of hydrogen-bond donors (Lipinski definition) is 2. The van der Waals surface area contributed by atoms with Crippen molar-refractivity contribution in [2.24, 2.45) is 0 Å². The molecule has 1 fully saturated rings. The lowest BCUT2D eigenvalue weighted by molar-refractivity contribution is -0.138. The summed E-state index contributed by atoms with van der Waals surface area (Å²) >= 11 is 0. The van der Waals surface area contributed by atoms with E-state index in [0.29, 0.717) is 11.4 Å². The molecule has 0 spiro atoms. The van der Waals surface area contributed by atoms with Crippen LogP contribution in [-0.4, -0.2) is 47.2 Å². The van der Waals surface area contributed by atoms with Gasteiger partial charge in [-0.1, -0.05) is 0 Å². The fourth-order valence-electron chi connectivity index (χ4n) is 1.80. The van der Waals surface area contributed by atoms with Crippen molar-refractivity contribution in [2.45, 2.75) is 13.0 Å². The highest BCUT2D eigenvalue weighted by Crippen LogP contribution is 2.12. The van der Waals surface area contributed by atoms with Gasteiger partial charge in [0.15, 0.2) is 0 Å². The number of rotatable bonds is 2. The fourth-order valence-corrected chi connectivity index (χ4v) is 1.80. The van der Waals surface area contributed by atoms with Gasteiger partial charge in [-0.15, -0.1) is 0 Å². The van der Waals surface area contributed by atoms with Gasteiger partial charge in [-0.25, -0.2) is 4.98 Å². The van der Waals surface area contributed by atoms with Crippen molar-refractivity contribution in [2.75, 3.05) is 18.9 Å². The van der Waals surface area contributed by atoms with E-state index in [9.17, 15) is 14.4 Å². The Labute approximate surface area is 110 Å². The first kappa shape index (κ1) is 13.0. The van der Waals surface area contributed by atoms with Gasteiger partial charge in [0.1, 0.15) is 18.4 Å². The molecule has 1 aliphatic heterocycles. The van der Waals surface area contributed by atoms with Crippen molar-refractivity contribution >= 4 is 23.5 Å². The van der Waals surface area contributed by atoms with Crippen LogP contribution in [0, 0.1) is 0 Å². The average Bonchev–Trinajstić information content (AvgIpc) is 2.42. The van der Waals surface area contributed by atoms with Crippen molar-refractivity contribution in [3.8, 4) is 0 Å². The Kier molecular flexibility index (Phi) is 3.46. The van der Waals surface area contributed by atoms with Crippen molar-refractivity contribution in [3.63, 3.8) is 0 Å². The lowest BCUT2D eigenvalue weighted by Gasteiger charge is -2.31. The summed E-state index contributed by atoms with van der Waals surface area (Å²) in [5, 5.41) is 5.03. The molecule has 2 rings (SSSR count). The highest BCUT2D eigenvalue weighted by atomic mass is 16.2. The minimum absolute atomic E-state index is 0.125. The molecular formula is C12H14N4O3. The van der Waals surface area contributed by atoms with Crippen LogP contribution in [0.4, 0.5) is 5.82 Å². The molecular weight excluding hydrogens is 248 g/mol. The fraction of sp³-hybridized carbons (Fsp3) is 0.333. The summed E-state index contributed by atoms with van der Waals surface area (Å²) in [5.74, 6) is -0.691. The van der Waals surface area contributed by atoms with E-state index in [1.807, 2.05) is 0 Å². The van der Waals surface area contributed by atoms with Crippen LogP contribution < -0.4 is 10.6 Å². The van der Waals surface area contributed by atoms with E-state index < -0.39 is 17.9 Å². The number of piperazine rings is 1. The summed E-state index contributed by atoms with van der Waals surface area (Å²) in [7, 11) is 1.72. The van der Waals surface area contributed by atoms with E-state index in [1.54, 1.807) is 26.1 Å². The zero-order valence-corrected chi connectivity index (χ0v) is 10.6. The standard InChI is InChI=1S/C12H14N4O3/c1-7-11(18)15-10(17)6-16(7)12(19)8-3-4-9(13-2)14-5-8/h3-5,7H,6H2,1-2H3,(H,13,14)(H,15,17,18). The van der Waals surface area contributed by atoms with Gasteiger partial charge in [-0.05, 0) is 19.1 Å². The molecule has 0 aromatic carbocycles. The van der Waals surface area contributed by atoms with E-state index in [0.717, 1.165) is 0 Å². The number of aromatic nitrogens is 1. The molecule has 19 heavy (non-hydrogen) atoms. The Morgan fingerprint density at radius 2 is 2.21 bits per heavy atom. The molecule has 1 atom stereocenters. The zero-order chi connectivity index (χ0) is 14.0. The summed E-state index contributed by atoms with van der Waals surface area (Å²) < 4.78 is 0. The van der Waals surface area contributed by atoms with E-state index in [-0.39, 0.29) is 12.5 Å². The molecule has 7 heteroatoms. The van der Waals surface area contributed by atoms with Gasteiger partial charge in [-0.3, -0.25) is 19.7 Å². The topological polar surface area (TPSA) is 91.4 Å². The summed E-state index contributed by atoms with van der Waals surface area (Å²) in [5.41, 5.74) is 0.341. The first-order chi connectivity index (χ1) is 9.02. The Bertz CT molecular complexity index is 526. The highest BCUT2D eigenvalue weighted by molar-refractivity contribution is 6.07. The van der Waals surface area contributed by atoms with E-state index >= 15 is 0 Å². The lowest BCUT2D eigenvalue weighted by Crippen LogP contribution is -2.58. The quantitative estimate of drug-likeness (QED) is 0.708. The zero-order valence-electron chi connectivity index (χ0n) is 10.6. The number of nitrogens with zero attached hydrogens (tertiary/aromatic N) is 2. The molecule has 1 saturated heterocycles. The minimum Gasteiger partial charge on any atom is -0.373 e. The lowest BCUT2D eigenvalue weighted by atomic mass is 10.1. The van der Waals surface area contributed by atoms with Crippen LogP contribution in [0.15, 0.2) is 18.3 Å². The Hall–Kier alpha value is -2.44. The number of nitrogens with one attached hydrogen (secondary N) is 2. The van der Waals surface area contributed by atoms with E-state index in [1.165, 1.54) is 11.1 Å². The van der Waals surface area contributed by atoms with Gasteiger partial charge >= 0.3 is 0 Å². The van der Waals surface area contributed by atoms with Gasteiger partial charge in [0.2, 0.25) is 11.8 Å². The minimum atomic E-state index is -0.672. The number of hydrogen-bond acceptors (Lipinski definition) is 5. The van der Waals surface area contributed by atoms with Crippen molar-refractivity contribution in [3.05, 3.63) is 23.9 Å². The van der Waals surface area contributed by atoms with Gasteiger partial charge in [-0.2, -0.15) is 0 Å². The summed E-state index contributed by atoms with van der Waals surface area (Å²) in [6.45, 7) is 1.45. The first-order valence-corrected chi connectivity index (χ1v) is 5.81. The monoisotopic (exact) mass is 262 g/mol. The summed E-state index contributed by atoms with van der Waals surface area (Å²) in [6.07, 6.45) is 1.41. The number of carbonyl (C=O) groups is 3. The molecule has 0 radical (unpaired) electrons. The predicted octanol–water partition coefficient (Wildman–Crippen LogP) is -0.390. The molecule has 7 nitrogen and oxygen atoms in total. The number of carbonyl (C=O) groups excluding carboxylic acids is 3. The van der Waals surface area contributed by atoms with Crippen molar-refractivity contribution < 1.29 is 14.4 Å². The number of imide groups is 1. The maximum atomic E-state index is 12.2. The second kappa shape index (κ2) is 5.05. The number of pyridine rings is 1. The Morgan fingerprint density at radius 1 is 1.47 bits per heavy atom. The molecule has 1 unspecified atom stereocenters. The molecule has 0 bridgehead atoms. The normalized spacial score (nSPS) is 19.1. The van der Waals surface area contributed by atoms with Crippen LogP contribution >= 0.6 is 0 Å². The van der Waals surface area contributed by atoms with Gasteiger partial charge < -0.3 is 10.2 Å². The average molecular weight is 262 g/mol. The Balaban J connectivity index is 2.22. The van der Waals surface area contributed by atoms with Crippen LogP contribution in [-0.2, 0) is 9.59 Å². The molecule has 0 saturated carbocycles. The molecule has 1 aliphatic rings. The predicted molar refractivity (Wildman–Crippen MR) is 67.4 cm³/mol. The van der Waals surface area contributed by atoms with Crippen molar-refractivity contribution in [1.29, 1.82) is 0 Å². The van der Waals surface area contributed by atoms with Gasteiger partial charge in [0.05, 0.1) is 5.56 Å². The molecule has 1 aromatic heterocycles. The smallest absolute Gasteiger partial charge is 0.256 e. The molecule has 2 heterocycles. The third kappa shape index (κ3) is 2.54. The highest BCUT2D eigenvalue weighted by Gasteiger charge is 2.33. The third-order valence-electron chi connectivity index (χ3n) is 2.95. The second-order valence-electron chi connectivity index (χ2n) is 4.20. The van der Waals surface area contributed by atoms with Crippen LogP contribution in [0.3, 0.4) is 0 Å². The number of amides is 3. The van der Waals surface area contributed by atoms with Crippen molar-refractivity contribution in [1.82, 2.24) is 15.2 Å². The maximum absolute atomic E-state index is 12.2. The van der Waals surface area contributed by atoms with Crippen LogP contribution in [0.2, 0.25) is 0 Å². The van der Waals surface area contributed by atoms with Gasteiger partial charge in [0, 0.05) is 13.2 Å². The molecule has 0 aliphatic carbocycles. The van der Waals surface area contributed by atoms with Crippen LogP contribution in [0.1, 0.15) is 17.3 Å². The Morgan fingerprint density at radius 3 is 2.79 bits per heavy atom. The SMILES string of the molecule is CNc1ccc(C(=O)N2CC(=O)NC(=O)C2C)cn1. The molecule has 3 amide bonds. The summed E-state index contributed by atoms with van der Waals surface area (Å²) in [6, 6.07) is 2.59. The molecule has 100 valence electrons. The van der Waals surface area contributed by atoms with Gasteiger partial charge in [0.25, 0.3) is 5.91 Å². The first-order valence-electron chi connectivity index (χ1n) is 5.81. The van der Waals surface area contributed by atoms with Crippen LogP contribution in [0.5, 0.6) is 0 Å². The largest absolute Gasteiger partial charge is 0.373 e. The maximum Gasteiger partial charge on any atom is 0.256 e. The summed E-state index contributed by atoms with van der Waals surface area (Å²) in [4.78, 5) is 40.3. The van der Waals surface area contributed by atoms with E-state index in [2.05, 4.69) is 15.6 Å². The van der Waals surface area contributed by atoms with Crippen LogP contribution in [0.25, 0.3) is 0 Å². The van der Waals surface area contributed by atoms with E-state index in [4.69, 9.17) is 0 Å². The number of anilines is 1. The molecule has 1 aromatic rings. The second-order valence-corrected chi connectivity index (χ2v) is 4.20.